The lowest BCUT2D eigenvalue weighted by Crippen LogP contribution is -2.46. The van der Waals surface area contributed by atoms with Crippen LogP contribution in [0.4, 0.5) is 4.39 Å². The van der Waals surface area contributed by atoms with E-state index in [1.54, 1.807) is 18.4 Å². The van der Waals surface area contributed by atoms with Crippen LogP contribution in [0, 0.1) is 5.82 Å². The van der Waals surface area contributed by atoms with Crippen LogP contribution >= 0.6 is 0 Å². The van der Waals surface area contributed by atoms with E-state index < -0.39 is 5.54 Å². The standard InChI is InChI=1S/C16H15FN4O/c17-12-5-1-4-11(10-12)16(13-6-2-9-22-13)14-19-7-3-8-21(14)15(18)20-16/h1-2,4-6,9-10H,3,7-8H2,(H2,18,20). The maximum Gasteiger partial charge on any atom is 0.204 e. The maximum atomic E-state index is 13.8. The van der Waals surface area contributed by atoms with Crippen LogP contribution in [0.3, 0.4) is 0 Å². The van der Waals surface area contributed by atoms with Crippen molar-refractivity contribution in [3.8, 4) is 0 Å². The van der Waals surface area contributed by atoms with Crippen LogP contribution in [0.1, 0.15) is 17.7 Å². The Labute approximate surface area is 127 Å². The molecule has 1 aromatic carbocycles. The van der Waals surface area contributed by atoms with Gasteiger partial charge in [0.25, 0.3) is 0 Å². The zero-order valence-electron chi connectivity index (χ0n) is 11.9. The van der Waals surface area contributed by atoms with Gasteiger partial charge < -0.3 is 10.2 Å². The summed E-state index contributed by atoms with van der Waals surface area (Å²) in [6.45, 7) is 1.46. The Balaban J connectivity index is 2.00. The Kier molecular flexibility index (Phi) is 2.79. The van der Waals surface area contributed by atoms with Crippen molar-refractivity contribution in [1.82, 2.24) is 4.90 Å². The molecular formula is C16H15FN4O. The largest absolute Gasteiger partial charge is 0.466 e. The van der Waals surface area contributed by atoms with Gasteiger partial charge in [0.2, 0.25) is 5.54 Å². The monoisotopic (exact) mass is 298 g/mol. The van der Waals surface area contributed by atoms with Gasteiger partial charge in [-0.05, 0) is 36.2 Å². The third-order valence-electron chi connectivity index (χ3n) is 4.06. The van der Waals surface area contributed by atoms with E-state index in [-0.39, 0.29) is 5.82 Å². The highest BCUT2D eigenvalue weighted by Gasteiger charge is 2.51. The van der Waals surface area contributed by atoms with Crippen molar-refractivity contribution in [3.63, 3.8) is 0 Å². The molecule has 0 spiro atoms. The summed E-state index contributed by atoms with van der Waals surface area (Å²) in [7, 11) is 0. The summed E-state index contributed by atoms with van der Waals surface area (Å²) in [4.78, 5) is 11.2. The number of hydrogen-bond acceptors (Lipinski definition) is 5. The first kappa shape index (κ1) is 13.1. The van der Waals surface area contributed by atoms with Gasteiger partial charge >= 0.3 is 0 Å². The zero-order chi connectivity index (χ0) is 15.2. The van der Waals surface area contributed by atoms with Gasteiger partial charge in [-0.3, -0.25) is 9.89 Å². The van der Waals surface area contributed by atoms with E-state index in [2.05, 4.69) is 9.98 Å². The van der Waals surface area contributed by atoms with E-state index in [1.807, 2.05) is 17.0 Å². The predicted octanol–water partition coefficient (Wildman–Crippen LogP) is 2.09. The number of halogens is 1. The number of furan rings is 1. The number of hydrogen-bond donors (Lipinski definition) is 1. The number of rotatable bonds is 2. The lowest BCUT2D eigenvalue weighted by Gasteiger charge is -2.31. The average Bonchev–Trinajstić information content (AvgIpc) is 3.15. The van der Waals surface area contributed by atoms with Crippen LogP contribution in [0.2, 0.25) is 0 Å². The van der Waals surface area contributed by atoms with E-state index in [0.29, 0.717) is 29.7 Å². The molecule has 0 saturated heterocycles. The van der Waals surface area contributed by atoms with Gasteiger partial charge in [0, 0.05) is 13.1 Å². The molecule has 6 heteroatoms. The Morgan fingerprint density at radius 1 is 1.27 bits per heavy atom. The molecule has 112 valence electrons. The molecule has 0 radical (unpaired) electrons. The minimum atomic E-state index is -1.00. The summed E-state index contributed by atoms with van der Waals surface area (Å²) in [6.07, 6.45) is 2.49. The minimum Gasteiger partial charge on any atom is -0.466 e. The number of nitrogens with zero attached hydrogens (tertiary/aromatic N) is 3. The second kappa shape index (κ2) is 4.69. The van der Waals surface area contributed by atoms with Crippen molar-refractivity contribution in [2.45, 2.75) is 12.0 Å². The molecule has 1 unspecified atom stereocenters. The molecule has 0 fully saturated rings. The number of benzene rings is 1. The van der Waals surface area contributed by atoms with Crippen molar-refractivity contribution in [3.05, 3.63) is 59.8 Å². The van der Waals surface area contributed by atoms with Crippen LogP contribution in [0.15, 0.2) is 57.1 Å². The van der Waals surface area contributed by atoms with Gasteiger partial charge in [0.05, 0.1) is 6.26 Å². The number of fused-ring (bicyclic) bond motifs is 1. The van der Waals surface area contributed by atoms with Crippen LogP contribution in [0.25, 0.3) is 0 Å². The Morgan fingerprint density at radius 3 is 2.95 bits per heavy atom. The van der Waals surface area contributed by atoms with Crippen molar-refractivity contribution in [2.75, 3.05) is 13.1 Å². The maximum absolute atomic E-state index is 13.8. The van der Waals surface area contributed by atoms with Crippen molar-refractivity contribution >= 4 is 11.8 Å². The highest BCUT2D eigenvalue weighted by atomic mass is 19.1. The summed E-state index contributed by atoms with van der Waals surface area (Å²) in [6, 6.07) is 9.95. The lowest BCUT2D eigenvalue weighted by molar-refractivity contribution is 0.445. The molecule has 0 saturated carbocycles. The molecule has 0 bridgehead atoms. The van der Waals surface area contributed by atoms with E-state index in [1.165, 1.54) is 12.1 Å². The van der Waals surface area contributed by atoms with Gasteiger partial charge in [-0.2, -0.15) is 0 Å². The normalized spacial score (nSPS) is 24.0. The minimum absolute atomic E-state index is 0.327. The van der Waals surface area contributed by atoms with Crippen LogP contribution < -0.4 is 5.73 Å². The van der Waals surface area contributed by atoms with Gasteiger partial charge in [-0.25, -0.2) is 9.38 Å². The molecule has 0 amide bonds. The second-order valence-corrected chi connectivity index (χ2v) is 5.38. The van der Waals surface area contributed by atoms with Crippen LogP contribution in [0.5, 0.6) is 0 Å². The number of amidine groups is 1. The fourth-order valence-electron chi connectivity index (χ4n) is 3.12. The van der Waals surface area contributed by atoms with E-state index in [0.717, 1.165) is 13.0 Å². The Morgan fingerprint density at radius 2 is 2.18 bits per heavy atom. The smallest absolute Gasteiger partial charge is 0.204 e. The first-order chi connectivity index (χ1) is 10.7. The van der Waals surface area contributed by atoms with Crippen molar-refractivity contribution in [1.29, 1.82) is 0 Å². The van der Waals surface area contributed by atoms with Gasteiger partial charge in [0.15, 0.2) is 5.96 Å². The molecule has 2 aliphatic heterocycles. The highest BCUT2D eigenvalue weighted by Crippen LogP contribution is 2.41. The van der Waals surface area contributed by atoms with Gasteiger partial charge in [-0.1, -0.05) is 12.1 Å². The lowest BCUT2D eigenvalue weighted by atomic mass is 9.86. The predicted molar refractivity (Wildman–Crippen MR) is 81.1 cm³/mol. The molecule has 4 rings (SSSR count). The first-order valence-electron chi connectivity index (χ1n) is 7.19. The molecule has 2 N–H and O–H groups in total. The SMILES string of the molecule is NC1=NC(c2cccc(F)c2)(c2ccco2)C2=NCCCN12. The topological polar surface area (TPSA) is 67.1 Å². The van der Waals surface area contributed by atoms with Gasteiger partial charge in [-0.15, -0.1) is 0 Å². The quantitative estimate of drug-likeness (QED) is 0.923. The fourth-order valence-corrected chi connectivity index (χ4v) is 3.12. The summed E-state index contributed by atoms with van der Waals surface area (Å²) in [5.41, 5.74) is 5.76. The highest BCUT2D eigenvalue weighted by molar-refractivity contribution is 6.11. The van der Waals surface area contributed by atoms with Crippen LogP contribution in [-0.2, 0) is 5.54 Å². The van der Waals surface area contributed by atoms with Crippen LogP contribution in [-0.4, -0.2) is 29.8 Å². The third kappa shape index (κ3) is 1.70. The average molecular weight is 298 g/mol. The molecule has 3 heterocycles. The first-order valence-corrected chi connectivity index (χ1v) is 7.19. The molecular weight excluding hydrogens is 283 g/mol. The molecule has 5 nitrogen and oxygen atoms in total. The molecule has 1 atom stereocenters. The summed E-state index contributed by atoms with van der Waals surface area (Å²) in [5, 5.41) is 0. The third-order valence-corrected chi connectivity index (χ3v) is 4.06. The number of nitrogens with two attached hydrogens (primary N) is 1. The molecule has 0 aliphatic carbocycles. The van der Waals surface area contributed by atoms with E-state index >= 15 is 0 Å². The summed E-state index contributed by atoms with van der Waals surface area (Å²) in [5.74, 6) is 1.35. The van der Waals surface area contributed by atoms with Crippen molar-refractivity contribution in [2.24, 2.45) is 15.7 Å². The van der Waals surface area contributed by atoms with E-state index in [9.17, 15) is 4.39 Å². The number of guanidine groups is 1. The molecule has 1 aromatic heterocycles. The molecule has 2 aliphatic rings. The van der Waals surface area contributed by atoms with Gasteiger partial charge in [0.1, 0.15) is 17.4 Å². The molecule has 22 heavy (non-hydrogen) atoms. The van der Waals surface area contributed by atoms with Crippen molar-refractivity contribution < 1.29 is 8.81 Å². The fraction of sp³-hybridized carbons (Fsp3) is 0.250. The Bertz CT molecular complexity index is 768. The Hall–Kier alpha value is -2.63. The van der Waals surface area contributed by atoms with E-state index in [4.69, 9.17) is 10.2 Å². The second-order valence-electron chi connectivity index (χ2n) is 5.38. The number of aliphatic imine (C=N–C) groups is 2. The summed E-state index contributed by atoms with van der Waals surface area (Å²) < 4.78 is 19.4. The molecule has 2 aromatic rings. The zero-order valence-corrected chi connectivity index (χ0v) is 11.9. The summed E-state index contributed by atoms with van der Waals surface area (Å²) >= 11 is 0.